The molecule has 0 fully saturated rings. The fraction of sp³-hybridized carbons (Fsp3) is 0.471. The number of hydrogen-bond donors (Lipinski definition) is 1. The molecule has 0 aromatic heterocycles. The predicted molar refractivity (Wildman–Crippen MR) is 87.8 cm³/mol. The van der Waals surface area contributed by atoms with Gasteiger partial charge in [0.05, 0.1) is 5.57 Å². The summed E-state index contributed by atoms with van der Waals surface area (Å²) < 4.78 is 0. The molecule has 1 heterocycles. The van der Waals surface area contributed by atoms with Gasteiger partial charge in [0, 0.05) is 24.8 Å². The van der Waals surface area contributed by atoms with Crippen LogP contribution in [0.25, 0.3) is 0 Å². The summed E-state index contributed by atoms with van der Waals surface area (Å²) in [6.45, 7) is 9.34. The number of aliphatic imine (C=N–C) groups is 2. The third-order valence-electron chi connectivity index (χ3n) is 2.81. The molecule has 4 heteroatoms. The lowest BCUT2D eigenvalue weighted by Crippen LogP contribution is -2.11. The van der Waals surface area contributed by atoms with E-state index < -0.39 is 0 Å². The molecule has 0 unspecified atom stereocenters. The molecule has 0 atom stereocenters. The summed E-state index contributed by atoms with van der Waals surface area (Å²) in [7, 11) is 0. The number of hydrogen-bond acceptors (Lipinski definition) is 4. The maximum absolute atomic E-state index is 11.7. The van der Waals surface area contributed by atoms with Gasteiger partial charge in [0.2, 0.25) is 0 Å². The van der Waals surface area contributed by atoms with E-state index in [1.54, 1.807) is 0 Å². The highest BCUT2D eigenvalue weighted by Crippen LogP contribution is 2.24. The second-order valence-corrected chi connectivity index (χ2v) is 6.38. The Morgan fingerprint density at radius 3 is 2.71 bits per heavy atom. The third-order valence-corrected chi connectivity index (χ3v) is 2.81. The molecule has 0 bridgehead atoms. The molecule has 1 rings (SSSR count). The number of allylic oxidation sites excluding steroid dienone is 5. The van der Waals surface area contributed by atoms with Crippen molar-refractivity contribution in [3.05, 3.63) is 35.3 Å². The second kappa shape index (κ2) is 7.16. The van der Waals surface area contributed by atoms with Gasteiger partial charge >= 0.3 is 0 Å². The number of amidine groups is 1. The van der Waals surface area contributed by atoms with Gasteiger partial charge in [0.15, 0.2) is 5.78 Å². The SMILES string of the molecule is CC(=O)C(C=NC1=NC(C)=CC=CC1)=C(O)CC(C)(C)C. The van der Waals surface area contributed by atoms with Crippen molar-refractivity contribution in [3.63, 3.8) is 0 Å². The maximum atomic E-state index is 11.7. The average Bonchev–Trinajstić information content (AvgIpc) is 2.51. The monoisotopic (exact) mass is 288 g/mol. The summed E-state index contributed by atoms with van der Waals surface area (Å²) in [5.41, 5.74) is 1.02. The fourth-order valence-electron chi connectivity index (χ4n) is 1.85. The highest BCUT2D eigenvalue weighted by atomic mass is 16.3. The smallest absolute Gasteiger partial charge is 0.164 e. The van der Waals surface area contributed by atoms with Crippen LogP contribution >= 0.6 is 0 Å². The van der Waals surface area contributed by atoms with Gasteiger partial charge in [-0.2, -0.15) is 0 Å². The van der Waals surface area contributed by atoms with Crippen LogP contribution < -0.4 is 0 Å². The van der Waals surface area contributed by atoms with Gasteiger partial charge < -0.3 is 5.11 Å². The predicted octanol–water partition coefficient (Wildman–Crippen LogP) is 4.16. The molecule has 0 aromatic rings. The summed E-state index contributed by atoms with van der Waals surface area (Å²) in [5.74, 6) is 0.508. The number of aliphatic hydroxyl groups excluding tert-OH is 1. The molecule has 21 heavy (non-hydrogen) atoms. The molecule has 0 saturated heterocycles. The van der Waals surface area contributed by atoms with Crippen LogP contribution in [0.2, 0.25) is 0 Å². The van der Waals surface area contributed by atoms with Gasteiger partial charge in [-0.15, -0.1) is 0 Å². The number of Topliss-reactive ketones (excluding diaryl/α,β-unsaturated/α-hetero) is 1. The molecule has 0 radical (unpaired) electrons. The first-order valence-electron chi connectivity index (χ1n) is 7.07. The van der Waals surface area contributed by atoms with Crippen molar-refractivity contribution in [2.45, 2.75) is 47.5 Å². The molecule has 1 aliphatic rings. The van der Waals surface area contributed by atoms with E-state index in [1.807, 2.05) is 45.9 Å². The van der Waals surface area contributed by atoms with Crippen molar-refractivity contribution in [1.29, 1.82) is 0 Å². The normalized spacial score (nSPS) is 17.2. The van der Waals surface area contributed by atoms with Gasteiger partial charge in [0.1, 0.15) is 11.6 Å². The number of carbonyl (C=O) groups excluding carboxylic acids is 1. The molecule has 0 spiro atoms. The van der Waals surface area contributed by atoms with Crippen molar-refractivity contribution in [2.24, 2.45) is 15.4 Å². The quantitative estimate of drug-likeness (QED) is 0.481. The fourth-order valence-corrected chi connectivity index (χ4v) is 1.85. The Hall–Kier alpha value is -1.97. The van der Waals surface area contributed by atoms with E-state index in [4.69, 9.17) is 0 Å². The lowest BCUT2D eigenvalue weighted by Gasteiger charge is -2.18. The van der Waals surface area contributed by atoms with Gasteiger partial charge in [-0.25, -0.2) is 9.98 Å². The molecule has 114 valence electrons. The van der Waals surface area contributed by atoms with Crippen molar-refractivity contribution >= 4 is 17.8 Å². The van der Waals surface area contributed by atoms with E-state index in [2.05, 4.69) is 9.98 Å². The van der Waals surface area contributed by atoms with Crippen LogP contribution in [0.15, 0.2) is 45.2 Å². The van der Waals surface area contributed by atoms with Gasteiger partial charge in [0.25, 0.3) is 0 Å². The Bertz CT molecular complexity index is 556. The first kappa shape index (κ1) is 17.1. The molecule has 1 N–H and O–H groups in total. The Balaban J connectivity index is 3.01. The summed E-state index contributed by atoms with van der Waals surface area (Å²) in [6.07, 6.45) is 8.25. The van der Waals surface area contributed by atoms with Crippen LogP contribution in [-0.2, 0) is 4.79 Å². The average molecular weight is 288 g/mol. The van der Waals surface area contributed by atoms with Gasteiger partial charge in [-0.05, 0) is 25.3 Å². The number of nitrogens with zero attached hydrogens (tertiary/aromatic N) is 2. The minimum absolute atomic E-state index is 0.0794. The van der Waals surface area contributed by atoms with Gasteiger partial charge in [-0.1, -0.05) is 32.9 Å². The second-order valence-electron chi connectivity index (χ2n) is 6.38. The van der Waals surface area contributed by atoms with Crippen LogP contribution in [-0.4, -0.2) is 22.9 Å². The summed E-state index contributed by atoms with van der Waals surface area (Å²) in [6, 6.07) is 0. The zero-order chi connectivity index (χ0) is 16.0. The lowest BCUT2D eigenvalue weighted by atomic mass is 9.89. The van der Waals surface area contributed by atoms with E-state index in [9.17, 15) is 9.90 Å². The zero-order valence-electron chi connectivity index (χ0n) is 13.5. The molecular formula is C17H24N2O2. The molecule has 0 aliphatic carbocycles. The molecular weight excluding hydrogens is 264 g/mol. The number of rotatable bonds is 3. The Morgan fingerprint density at radius 1 is 1.48 bits per heavy atom. The minimum atomic E-state index is -0.197. The van der Waals surface area contributed by atoms with E-state index in [0.29, 0.717) is 18.7 Å². The number of ketones is 1. The van der Waals surface area contributed by atoms with Crippen molar-refractivity contribution < 1.29 is 9.90 Å². The Kier molecular flexibility index (Phi) is 5.82. The third kappa shape index (κ3) is 6.34. The minimum Gasteiger partial charge on any atom is -0.511 e. The molecule has 0 aromatic carbocycles. The Morgan fingerprint density at radius 2 is 2.14 bits per heavy atom. The van der Waals surface area contributed by atoms with Crippen molar-refractivity contribution in [3.8, 4) is 0 Å². The number of carbonyl (C=O) groups is 1. The molecule has 4 nitrogen and oxygen atoms in total. The lowest BCUT2D eigenvalue weighted by molar-refractivity contribution is -0.113. The maximum Gasteiger partial charge on any atom is 0.164 e. The van der Waals surface area contributed by atoms with Crippen LogP contribution in [0.3, 0.4) is 0 Å². The van der Waals surface area contributed by atoms with E-state index in [1.165, 1.54) is 13.1 Å². The first-order chi connectivity index (χ1) is 9.69. The van der Waals surface area contributed by atoms with E-state index in [0.717, 1.165) is 5.70 Å². The molecule has 0 saturated carbocycles. The summed E-state index contributed by atoms with van der Waals surface area (Å²) >= 11 is 0. The van der Waals surface area contributed by atoms with Crippen LogP contribution in [0.4, 0.5) is 0 Å². The standard InChI is InChI=1S/C17H24N2O2/c1-12-8-6-7-9-16(19-12)18-11-14(13(2)20)15(21)10-17(3,4)5/h6-8,11,21H,9-10H2,1-5H3. The first-order valence-corrected chi connectivity index (χ1v) is 7.07. The largest absolute Gasteiger partial charge is 0.511 e. The number of aliphatic hydroxyl groups is 1. The molecule has 0 amide bonds. The van der Waals surface area contributed by atoms with Crippen molar-refractivity contribution in [2.75, 3.05) is 0 Å². The van der Waals surface area contributed by atoms with E-state index in [-0.39, 0.29) is 22.5 Å². The zero-order valence-corrected chi connectivity index (χ0v) is 13.5. The van der Waals surface area contributed by atoms with Crippen LogP contribution in [0, 0.1) is 5.41 Å². The van der Waals surface area contributed by atoms with Crippen molar-refractivity contribution in [1.82, 2.24) is 0 Å². The van der Waals surface area contributed by atoms with Crippen LogP contribution in [0.5, 0.6) is 0 Å². The topological polar surface area (TPSA) is 62.0 Å². The highest BCUT2D eigenvalue weighted by Gasteiger charge is 2.17. The van der Waals surface area contributed by atoms with Crippen LogP contribution in [0.1, 0.15) is 47.5 Å². The molecule has 1 aliphatic heterocycles. The summed E-state index contributed by atoms with van der Waals surface area (Å²) in [4.78, 5) is 20.3. The summed E-state index contributed by atoms with van der Waals surface area (Å²) in [5, 5.41) is 10.2. The van der Waals surface area contributed by atoms with E-state index >= 15 is 0 Å². The highest BCUT2D eigenvalue weighted by molar-refractivity contribution is 6.14. The Labute approximate surface area is 126 Å². The van der Waals surface area contributed by atoms with Gasteiger partial charge in [-0.3, -0.25) is 4.79 Å².